The van der Waals surface area contributed by atoms with Gasteiger partial charge in [-0.25, -0.2) is 0 Å². The summed E-state index contributed by atoms with van der Waals surface area (Å²) in [7, 11) is 0. The highest BCUT2D eigenvalue weighted by atomic mass is 16.1. The molecule has 0 fully saturated rings. The minimum atomic E-state index is -0.115. The van der Waals surface area contributed by atoms with Crippen molar-refractivity contribution < 1.29 is 4.79 Å². The molecule has 0 saturated carbocycles. The van der Waals surface area contributed by atoms with E-state index in [4.69, 9.17) is 0 Å². The molecular weight excluding hydrogens is 150 g/mol. The maximum Gasteiger partial charge on any atom is 0.255 e. The summed E-state index contributed by atoms with van der Waals surface area (Å²) in [6.07, 6.45) is 3.04. The van der Waals surface area contributed by atoms with Crippen molar-refractivity contribution in [2.45, 2.75) is 0 Å². The maximum atomic E-state index is 11.2. The highest BCUT2D eigenvalue weighted by Crippen LogP contribution is 1.97. The fourth-order valence-electron chi connectivity index (χ4n) is 0.807. The first kappa shape index (κ1) is 8.53. The van der Waals surface area contributed by atoms with Gasteiger partial charge in [0.05, 0.1) is 0 Å². The largest absolute Gasteiger partial charge is 0.329 e. The molecule has 0 atom stereocenters. The van der Waals surface area contributed by atoms with E-state index in [0.717, 1.165) is 0 Å². The van der Waals surface area contributed by atoms with Crippen molar-refractivity contribution in [3.8, 4) is 0 Å². The predicted molar refractivity (Wildman–Crippen MR) is 48.4 cm³/mol. The van der Waals surface area contributed by atoms with Crippen LogP contribution in [-0.2, 0) is 0 Å². The average molecular weight is 160 g/mol. The van der Waals surface area contributed by atoms with Crippen molar-refractivity contribution >= 4 is 5.91 Å². The molecule has 1 N–H and O–H groups in total. The predicted octanol–water partition coefficient (Wildman–Crippen LogP) is 1.76. The molecule has 2 heteroatoms. The van der Waals surface area contributed by atoms with E-state index in [9.17, 15) is 4.79 Å². The fraction of sp³-hybridized carbons (Fsp3) is 0. The van der Waals surface area contributed by atoms with E-state index in [-0.39, 0.29) is 5.91 Å². The molecule has 0 unspecified atom stereocenters. The molecule has 0 aliphatic rings. The molecule has 0 spiro atoms. The molecule has 2 nitrogen and oxygen atoms in total. The number of carbonyl (C=O) groups is 1. The lowest BCUT2D eigenvalue weighted by molar-refractivity contribution is 0.0970. The van der Waals surface area contributed by atoms with Gasteiger partial charge in [0.25, 0.3) is 5.91 Å². The van der Waals surface area contributed by atoms with Gasteiger partial charge < -0.3 is 5.32 Å². The van der Waals surface area contributed by atoms with E-state index < -0.39 is 0 Å². The van der Waals surface area contributed by atoms with Gasteiger partial charge in [-0.05, 0) is 19.1 Å². The summed E-state index contributed by atoms with van der Waals surface area (Å²) in [4.78, 5) is 11.2. The number of hydrogen-bond donors (Lipinski definition) is 1. The molecule has 0 heterocycles. The second-order valence-corrected chi connectivity index (χ2v) is 2.24. The van der Waals surface area contributed by atoms with Crippen molar-refractivity contribution in [3.63, 3.8) is 0 Å². The van der Waals surface area contributed by atoms with Crippen LogP contribution in [0.25, 0.3) is 0 Å². The molecule has 0 aromatic heterocycles. The summed E-state index contributed by atoms with van der Waals surface area (Å²) in [5.41, 5.74) is 0.649. The van der Waals surface area contributed by atoms with Gasteiger partial charge in [0.15, 0.2) is 0 Å². The lowest BCUT2D eigenvalue weighted by atomic mass is 10.2. The summed E-state index contributed by atoms with van der Waals surface area (Å²) in [5.74, 6) is -0.115. The van der Waals surface area contributed by atoms with Crippen molar-refractivity contribution in [2.24, 2.45) is 0 Å². The average Bonchev–Trinajstić information content (AvgIpc) is 2.15. The van der Waals surface area contributed by atoms with Crippen LogP contribution in [0.15, 0.2) is 42.6 Å². The second-order valence-electron chi connectivity index (χ2n) is 2.24. The normalized spacial score (nSPS) is 10.1. The molecule has 1 aromatic rings. The van der Waals surface area contributed by atoms with E-state index in [1.807, 2.05) is 18.2 Å². The molecule has 1 amide bonds. The molecular formula is C10H10NO. The van der Waals surface area contributed by atoms with Gasteiger partial charge in [0.1, 0.15) is 0 Å². The summed E-state index contributed by atoms with van der Waals surface area (Å²) in [6, 6.07) is 9.03. The van der Waals surface area contributed by atoms with Crippen LogP contribution in [0.1, 0.15) is 10.4 Å². The maximum absolute atomic E-state index is 11.2. The molecule has 0 bridgehead atoms. The Bertz CT molecular complexity index is 277. The van der Waals surface area contributed by atoms with Crippen LogP contribution in [0.2, 0.25) is 0 Å². The van der Waals surface area contributed by atoms with Gasteiger partial charge in [-0.15, -0.1) is 0 Å². The van der Waals surface area contributed by atoms with Crippen LogP contribution < -0.4 is 5.32 Å². The Balaban J connectivity index is 2.66. The number of hydrogen-bond acceptors (Lipinski definition) is 1. The van der Waals surface area contributed by atoms with Crippen molar-refractivity contribution in [3.05, 3.63) is 55.1 Å². The van der Waals surface area contributed by atoms with E-state index >= 15 is 0 Å². The van der Waals surface area contributed by atoms with E-state index in [1.165, 1.54) is 12.3 Å². The number of benzene rings is 1. The van der Waals surface area contributed by atoms with Crippen LogP contribution in [-0.4, -0.2) is 5.91 Å². The zero-order valence-corrected chi connectivity index (χ0v) is 6.66. The summed E-state index contributed by atoms with van der Waals surface area (Å²) in [5, 5.41) is 2.57. The first-order chi connectivity index (χ1) is 5.84. The standard InChI is InChI=1S/C10H10NO/c1-2-8-11-10(12)9-6-4-3-5-7-9/h2-8H,1H2,(H,11,12). The molecule has 0 aliphatic carbocycles. The SMILES string of the molecule is [CH2]C=CNC(=O)c1ccccc1. The van der Waals surface area contributed by atoms with Crippen LogP contribution in [0.3, 0.4) is 0 Å². The summed E-state index contributed by atoms with van der Waals surface area (Å²) in [6.45, 7) is 3.46. The Labute approximate surface area is 71.9 Å². The second kappa shape index (κ2) is 4.34. The van der Waals surface area contributed by atoms with Gasteiger partial charge in [-0.2, -0.15) is 0 Å². The number of carbonyl (C=O) groups excluding carboxylic acids is 1. The van der Waals surface area contributed by atoms with Crippen LogP contribution in [0, 0.1) is 6.92 Å². The molecule has 12 heavy (non-hydrogen) atoms. The number of rotatable bonds is 2. The minimum absolute atomic E-state index is 0.115. The zero-order valence-electron chi connectivity index (χ0n) is 6.66. The highest BCUT2D eigenvalue weighted by molar-refractivity contribution is 5.94. The molecule has 0 saturated heterocycles. The molecule has 1 radical (unpaired) electrons. The fourth-order valence-corrected chi connectivity index (χ4v) is 0.807. The van der Waals surface area contributed by atoms with Crippen LogP contribution in [0.5, 0.6) is 0 Å². The topological polar surface area (TPSA) is 29.1 Å². The minimum Gasteiger partial charge on any atom is -0.329 e. The lowest BCUT2D eigenvalue weighted by Crippen LogP contribution is -2.16. The monoisotopic (exact) mass is 160 g/mol. The Morgan fingerprint density at radius 1 is 1.33 bits per heavy atom. The van der Waals surface area contributed by atoms with Gasteiger partial charge in [0.2, 0.25) is 0 Å². The van der Waals surface area contributed by atoms with Crippen molar-refractivity contribution in [2.75, 3.05) is 0 Å². The van der Waals surface area contributed by atoms with Gasteiger partial charge >= 0.3 is 0 Å². The van der Waals surface area contributed by atoms with Gasteiger partial charge in [-0.3, -0.25) is 4.79 Å². The third kappa shape index (κ3) is 2.23. The zero-order chi connectivity index (χ0) is 8.81. The summed E-state index contributed by atoms with van der Waals surface area (Å²) >= 11 is 0. The third-order valence-electron chi connectivity index (χ3n) is 1.37. The highest BCUT2D eigenvalue weighted by Gasteiger charge is 1.99. The smallest absolute Gasteiger partial charge is 0.255 e. The Morgan fingerprint density at radius 3 is 2.58 bits per heavy atom. The van der Waals surface area contributed by atoms with Gasteiger partial charge in [-0.1, -0.05) is 24.3 Å². The number of nitrogens with one attached hydrogen (secondary N) is 1. The Morgan fingerprint density at radius 2 is 2.00 bits per heavy atom. The first-order valence-electron chi connectivity index (χ1n) is 3.65. The molecule has 1 aromatic carbocycles. The third-order valence-corrected chi connectivity index (χ3v) is 1.37. The van der Waals surface area contributed by atoms with E-state index in [0.29, 0.717) is 5.56 Å². The first-order valence-corrected chi connectivity index (χ1v) is 3.65. The van der Waals surface area contributed by atoms with E-state index in [1.54, 1.807) is 12.1 Å². The molecule has 0 aliphatic heterocycles. The van der Waals surface area contributed by atoms with Crippen molar-refractivity contribution in [1.82, 2.24) is 5.32 Å². The lowest BCUT2D eigenvalue weighted by Gasteiger charge is -1.97. The van der Waals surface area contributed by atoms with Gasteiger partial charge in [0, 0.05) is 11.8 Å². The Kier molecular flexibility index (Phi) is 3.08. The molecule has 61 valence electrons. The summed E-state index contributed by atoms with van der Waals surface area (Å²) < 4.78 is 0. The number of amides is 1. The quantitative estimate of drug-likeness (QED) is 0.701. The molecule has 1 rings (SSSR count). The van der Waals surface area contributed by atoms with Crippen LogP contribution in [0.4, 0.5) is 0 Å². The van der Waals surface area contributed by atoms with E-state index in [2.05, 4.69) is 12.2 Å². The van der Waals surface area contributed by atoms with Crippen LogP contribution >= 0.6 is 0 Å². The number of allylic oxidation sites excluding steroid dienone is 1. The van der Waals surface area contributed by atoms with Crippen molar-refractivity contribution in [1.29, 1.82) is 0 Å². The Hall–Kier alpha value is -1.57.